The molecule has 2 aliphatic heterocycles. The highest BCUT2D eigenvalue weighted by Crippen LogP contribution is 2.38. The fraction of sp³-hybridized carbons (Fsp3) is 0.933. The molecule has 3 aliphatic rings. The summed E-state index contributed by atoms with van der Waals surface area (Å²) in [6.45, 7) is 6.19. The molecular weight excluding hydrogens is 224 g/mol. The normalized spacial score (nSPS) is 40.6. The molecule has 1 aliphatic carbocycles. The van der Waals surface area contributed by atoms with Crippen LogP contribution in [0, 0.1) is 17.3 Å². The van der Waals surface area contributed by atoms with Crippen LogP contribution in [0.3, 0.4) is 0 Å². The molecule has 0 radical (unpaired) electrons. The van der Waals surface area contributed by atoms with Gasteiger partial charge in [-0.15, -0.1) is 0 Å². The predicted octanol–water partition coefficient (Wildman–Crippen LogP) is 2.02. The van der Waals surface area contributed by atoms with Crippen molar-refractivity contribution in [2.45, 2.75) is 45.4 Å². The molecule has 3 fully saturated rings. The summed E-state index contributed by atoms with van der Waals surface area (Å²) in [7, 11) is 0. The molecule has 0 aromatic carbocycles. The fourth-order valence-electron chi connectivity index (χ4n) is 4.19. The van der Waals surface area contributed by atoms with Crippen molar-refractivity contribution in [1.82, 2.24) is 10.2 Å². The van der Waals surface area contributed by atoms with Crippen LogP contribution in [0.15, 0.2) is 0 Å². The van der Waals surface area contributed by atoms with Gasteiger partial charge in [0.15, 0.2) is 0 Å². The zero-order chi connectivity index (χ0) is 12.6. The van der Waals surface area contributed by atoms with Crippen LogP contribution in [0.2, 0.25) is 0 Å². The number of carbonyl (C=O) groups is 1. The second-order valence-electron chi connectivity index (χ2n) is 6.86. The summed E-state index contributed by atoms with van der Waals surface area (Å²) in [5.74, 6) is 2.04. The van der Waals surface area contributed by atoms with E-state index in [1.54, 1.807) is 0 Å². The maximum Gasteiger partial charge on any atom is 0.229 e. The minimum absolute atomic E-state index is 0.133. The Hall–Kier alpha value is -0.570. The van der Waals surface area contributed by atoms with Gasteiger partial charge in [-0.1, -0.05) is 12.8 Å². The second kappa shape index (κ2) is 4.84. The quantitative estimate of drug-likeness (QED) is 0.772. The first-order valence-electron chi connectivity index (χ1n) is 7.69. The number of piperidine rings is 1. The molecule has 1 N–H and O–H groups in total. The van der Waals surface area contributed by atoms with Crippen LogP contribution in [-0.4, -0.2) is 37.0 Å². The highest BCUT2D eigenvalue weighted by atomic mass is 16.2. The second-order valence-corrected chi connectivity index (χ2v) is 6.86. The van der Waals surface area contributed by atoms with Crippen LogP contribution in [0.4, 0.5) is 0 Å². The third-order valence-corrected chi connectivity index (χ3v) is 5.38. The first kappa shape index (κ1) is 12.5. The lowest BCUT2D eigenvalue weighted by molar-refractivity contribution is -0.141. The van der Waals surface area contributed by atoms with Crippen LogP contribution >= 0.6 is 0 Å². The van der Waals surface area contributed by atoms with E-state index in [1.807, 2.05) is 0 Å². The monoisotopic (exact) mass is 250 g/mol. The molecule has 0 spiro atoms. The summed E-state index contributed by atoms with van der Waals surface area (Å²) in [4.78, 5) is 14.9. The molecule has 18 heavy (non-hydrogen) atoms. The van der Waals surface area contributed by atoms with Crippen LogP contribution in [0.1, 0.15) is 45.4 Å². The van der Waals surface area contributed by atoms with E-state index in [1.165, 1.54) is 25.7 Å². The average molecular weight is 250 g/mol. The number of amides is 1. The third-order valence-electron chi connectivity index (χ3n) is 5.38. The number of hydrogen-bond donors (Lipinski definition) is 1. The summed E-state index contributed by atoms with van der Waals surface area (Å²) in [5.41, 5.74) is -0.133. The Morgan fingerprint density at radius 1 is 1.17 bits per heavy atom. The number of carbonyl (C=O) groups excluding carboxylic acids is 1. The Bertz CT molecular complexity index is 308. The van der Waals surface area contributed by atoms with Gasteiger partial charge < -0.3 is 10.2 Å². The maximum atomic E-state index is 12.8. The zero-order valence-electron chi connectivity index (χ0n) is 11.6. The molecule has 102 valence electrons. The van der Waals surface area contributed by atoms with E-state index < -0.39 is 0 Å². The average Bonchev–Trinajstić information content (AvgIpc) is 2.82. The Morgan fingerprint density at radius 2 is 1.83 bits per heavy atom. The number of rotatable bonds is 1. The van der Waals surface area contributed by atoms with E-state index >= 15 is 0 Å². The Morgan fingerprint density at radius 3 is 2.39 bits per heavy atom. The molecule has 0 aromatic rings. The van der Waals surface area contributed by atoms with Gasteiger partial charge in [0, 0.05) is 19.6 Å². The molecule has 2 heterocycles. The van der Waals surface area contributed by atoms with Crippen molar-refractivity contribution in [3.05, 3.63) is 0 Å². The highest BCUT2D eigenvalue weighted by molar-refractivity contribution is 5.83. The van der Waals surface area contributed by atoms with Crippen molar-refractivity contribution in [3.63, 3.8) is 0 Å². The first-order chi connectivity index (χ1) is 8.69. The van der Waals surface area contributed by atoms with E-state index in [2.05, 4.69) is 17.1 Å². The van der Waals surface area contributed by atoms with E-state index in [4.69, 9.17) is 0 Å². The van der Waals surface area contributed by atoms with Crippen LogP contribution in [-0.2, 0) is 4.79 Å². The van der Waals surface area contributed by atoms with Gasteiger partial charge in [0.1, 0.15) is 0 Å². The Balaban J connectivity index is 1.66. The topological polar surface area (TPSA) is 32.3 Å². The van der Waals surface area contributed by atoms with Gasteiger partial charge in [-0.05, 0) is 51.0 Å². The molecule has 3 nitrogen and oxygen atoms in total. The highest BCUT2D eigenvalue weighted by Gasteiger charge is 2.43. The molecule has 0 aromatic heterocycles. The van der Waals surface area contributed by atoms with Crippen molar-refractivity contribution in [2.75, 3.05) is 26.2 Å². The fourth-order valence-corrected chi connectivity index (χ4v) is 4.19. The number of nitrogens with one attached hydrogen (secondary N) is 1. The molecule has 0 bridgehead atoms. The summed E-state index contributed by atoms with van der Waals surface area (Å²) in [5, 5.41) is 3.39. The van der Waals surface area contributed by atoms with Gasteiger partial charge in [0.25, 0.3) is 0 Å². The van der Waals surface area contributed by atoms with Crippen LogP contribution in [0.25, 0.3) is 0 Å². The lowest BCUT2D eigenvalue weighted by Crippen LogP contribution is -2.49. The molecule has 3 heteroatoms. The van der Waals surface area contributed by atoms with Gasteiger partial charge in [0.05, 0.1) is 5.41 Å². The molecule has 1 amide bonds. The summed E-state index contributed by atoms with van der Waals surface area (Å²) < 4.78 is 0. The lowest BCUT2D eigenvalue weighted by Gasteiger charge is -2.36. The van der Waals surface area contributed by atoms with E-state index in [0.717, 1.165) is 50.9 Å². The third kappa shape index (κ3) is 2.18. The molecular formula is C15H26N2O. The Labute approximate surface area is 110 Å². The summed E-state index contributed by atoms with van der Waals surface area (Å²) in [6.07, 6.45) is 7.66. The van der Waals surface area contributed by atoms with Crippen molar-refractivity contribution in [2.24, 2.45) is 17.3 Å². The SMILES string of the molecule is CC1(C(=O)N2CC3CCCCC3C2)CCCNC1. The smallest absolute Gasteiger partial charge is 0.229 e. The zero-order valence-corrected chi connectivity index (χ0v) is 11.6. The maximum absolute atomic E-state index is 12.8. The largest absolute Gasteiger partial charge is 0.342 e. The van der Waals surface area contributed by atoms with Crippen LogP contribution < -0.4 is 5.32 Å². The molecule has 3 rings (SSSR count). The first-order valence-corrected chi connectivity index (χ1v) is 7.69. The van der Waals surface area contributed by atoms with Gasteiger partial charge in [0.2, 0.25) is 5.91 Å². The number of likely N-dealkylation sites (tertiary alicyclic amines) is 1. The molecule has 3 unspecified atom stereocenters. The minimum atomic E-state index is -0.133. The minimum Gasteiger partial charge on any atom is -0.342 e. The van der Waals surface area contributed by atoms with Gasteiger partial charge in [-0.3, -0.25) is 4.79 Å². The number of fused-ring (bicyclic) bond motifs is 1. The van der Waals surface area contributed by atoms with Crippen molar-refractivity contribution >= 4 is 5.91 Å². The molecule has 3 atom stereocenters. The number of nitrogens with zero attached hydrogens (tertiary/aromatic N) is 1. The van der Waals surface area contributed by atoms with Crippen molar-refractivity contribution in [1.29, 1.82) is 0 Å². The molecule has 2 saturated heterocycles. The predicted molar refractivity (Wildman–Crippen MR) is 72.2 cm³/mol. The van der Waals surface area contributed by atoms with Crippen molar-refractivity contribution < 1.29 is 4.79 Å². The van der Waals surface area contributed by atoms with Gasteiger partial charge >= 0.3 is 0 Å². The van der Waals surface area contributed by atoms with E-state index in [0.29, 0.717) is 5.91 Å². The van der Waals surface area contributed by atoms with Gasteiger partial charge in [-0.2, -0.15) is 0 Å². The summed E-state index contributed by atoms with van der Waals surface area (Å²) >= 11 is 0. The summed E-state index contributed by atoms with van der Waals surface area (Å²) in [6, 6.07) is 0. The standard InChI is InChI=1S/C15H26N2O/c1-15(7-4-8-16-11-15)14(18)17-9-12-5-2-3-6-13(12)10-17/h12-13,16H,2-11H2,1H3. The van der Waals surface area contributed by atoms with Crippen molar-refractivity contribution in [3.8, 4) is 0 Å². The lowest BCUT2D eigenvalue weighted by atomic mass is 9.81. The Kier molecular flexibility index (Phi) is 3.35. The molecule has 1 saturated carbocycles. The van der Waals surface area contributed by atoms with E-state index in [9.17, 15) is 4.79 Å². The van der Waals surface area contributed by atoms with E-state index in [-0.39, 0.29) is 5.41 Å². The number of hydrogen-bond acceptors (Lipinski definition) is 2. The van der Waals surface area contributed by atoms with Gasteiger partial charge in [-0.25, -0.2) is 0 Å². The van der Waals surface area contributed by atoms with Crippen LogP contribution in [0.5, 0.6) is 0 Å².